The molecule has 2 aliphatic carbocycles. The van der Waals surface area contributed by atoms with E-state index in [1.807, 2.05) is 0 Å². The molecule has 0 saturated carbocycles. The zero-order valence-corrected chi connectivity index (χ0v) is 32.4. The van der Waals surface area contributed by atoms with Gasteiger partial charge in [-0.3, -0.25) is 29.2 Å². The van der Waals surface area contributed by atoms with E-state index < -0.39 is 46.5 Å². The maximum atomic E-state index is 13.9. The van der Waals surface area contributed by atoms with Gasteiger partial charge in [-0.25, -0.2) is 20.4 Å². The summed E-state index contributed by atoms with van der Waals surface area (Å²) in [7, 11) is 0. The standard InChI is InChI=1S/C28H36N4O8.C14H8O2/c1-9-31(29-25(37)39-27(3,4)5)15-11-12-16(32(10-2)30-26(38)40-28(6,7)8)20-19(15)23(35)21-17(33)13-14-18(34)22(21)24(20)36;15-13-9-5-1-2-6-10(9)14(16)12-8-4-3-7-11(12)13/h11-14,33-34H,9-10H2,1-8H3,(H,29,37)(H,30,38);1-8H. The zero-order chi connectivity index (χ0) is 41.3. The Hall–Kier alpha value is -6.70. The van der Waals surface area contributed by atoms with E-state index >= 15 is 0 Å². The summed E-state index contributed by atoms with van der Waals surface area (Å²) in [5.74, 6) is -2.62. The number of ether oxygens (including phenoxy) is 2. The lowest BCUT2D eigenvalue weighted by atomic mass is 9.81. The van der Waals surface area contributed by atoms with Gasteiger partial charge in [-0.2, -0.15) is 0 Å². The maximum absolute atomic E-state index is 13.9. The number of aromatic hydroxyl groups is 2. The maximum Gasteiger partial charge on any atom is 0.426 e. The molecular formula is C42H44N4O10. The van der Waals surface area contributed by atoms with Crippen LogP contribution in [0.4, 0.5) is 21.0 Å². The van der Waals surface area contributed by atoms with E-state index in [0.29, 0.717) is 22.3 Å². The number of carbonyl (C=O) groups excluding carboxylic acids is 6. The van der Waals surface area contributed by atoms with Crippen molar-refractivity contribution in [2.24, 2.45) is 0 Å². The molecule has 0 aromatic heterocycles. The smallest absolute Gasteiger partial charge is 0.426 e. The highest BCUT2D eigenvalue weighted by atomic mass is 16.6. The fourth-order valence-corrected chi connectivity index (χ4v) is 6.27. The molecule has 0 unspecified atom stereocenters. The monoisotopic (exact) mass is 764 g/mol. The van der Waals surface area contributed by atoms with Gasteiger partial charge in [0.1, 0.15) is 22.7 Å². The summed E-state index contributed by atoms with van der Waals surface area (Å²) >= 11 is 0. The highest BCUT2D eigenvalue weighted by Crippen LogP contribution is 2.44. The quantitative estimate of drug-likeness (QED) is 0.102. The number of amides is 2. The SMILES string of the molecule is CCN(NC(=O)OC(C)(C)C)c1ccc(N(CC)NC(=O)OC(C)(C)C)c2c1C(=O)c1c(O)ccc(O)c1C2=O.O=C1c2ccccc2C(=O)c2ccccc21. The molecule has 0 spiro atoms. The van der Waals surface area contributed by atoms with Crippen LogP contribution < -0.4 is 20.9 Å². The van der Waals surface area contributed by atoms with Crippen LogP contribution in [-0.2, 0) is 9.47 Å². The number of nitrogens with zero attached hydrogens (tertiary/aromatic N) is 2. The largest absolute Gasteiger partial charge is 0.507 e. The van der Waals surface area contributed by atoms with Crippen LogP contribution in [0.3, 0.4) is 0 Å². The Bertz CT molecular complexity index is 2060. The molecule has 0 heterocycles. The molecule has 0 saturated heterocycles. The Morgan fingerprint density at radius 1 is 0.518 bits per heavy atom. The fourth-order valence-electron chi connectivity index (χ4n) is 6.27. The topological polar surface area (TPSA) is 192 Å². The van der Waals surface area contributed by atoms with Crippen LogP contribution in [0.25, 0.3) is 0 Å². The fraction of sp³-hybridized carbons (Fsp3) is 0.286. The Balaban J connectivity index is 0.000000307. The van der Waals surface area contributed by atoms with E-state index in [-0.39, 0.29) is 58.3 Å². The van der Waals surface area contributed by atoms with Crippen molar-refractivity contribution in [2.45, 2.75) is 66.6 Å². The molecule has 56 heavy (non-hydrogen) atoms. The summed E-state index contributed by atoms with van der Waals surface area (Å²) in [6.45, 7) is 14.0. The molecule has 0 radical (unpaired) electrons. The van der Waals surface area contributed by atoms with Crippen LogP contribution in [0, 0.1) is 0 Å². The van der Waals surface area contributed by atoms with Crippen molar-refractivity contribution in [2.75, 3.05) is 23.1 Å². The minimum Gasteiger partial charge on any atom is -0.507 e. The number of phenolic OH excluding ortho intramolecular Hbond substituents is 2. The number of fused-ring (bicyclic) bond motifs is 4. The predicted octanol–water partition coefficient (Wildman–Crippen LogP) is 6.87. The zero-order valence-electron chi connectivity index (χ0n) is 32.4. The van der Waals surface area contributed by atoms with Gasteiger partial charge in [0.15, 0.2) is 11.6 Å². The number of anilines is 2. The van der Waals surface area contributed by atoms with Gasteiger partial charge < -0.3 is 19.7 Å². The second-order valence-corrected chi connectivity index (χ2v) is 14.8. The van der Waals surface area contributed by atoms with Crippen LogP contribution in [0.1, 0.15) is 119 Å². The Morgan fingerprint density at radius 2 is 0.821 bits per heavy atom. The third kappa shape index (κ3) is 8.19. The molecule has 6 rings (SSSR count). The Labute approximate surface area is 324 Å². The number of rotatable bonds is 6. The lowest BCUT2D eigenvalue weighted by Gasteiger charge is -2.33. The Morgan fingerprint density at radius 3 is 1.09 bits per heavy atom. The molecule has 292 valence electrons. The molecule has 2 amide bonds. The average Bonchev–Trinajstić information content (AvgIpc) is 3.13. The first-order valence-corrected chi connectivity index (χ1v) is 17.9. The van der Waals surface area contributed by atoms with E-state index in [1.165, 1.54) is 22.2 Å². The van der Waals surface area contributed by atoms with E-state index in [0.717, 1.165) is 12.1 Å². The van der Waals surface area contributed by atoms with Crippen LogP contribution in [0.2, 0.25) is 0 Å². The van der Waals surface area contributed by atoms with Crippen LogP contribution in [0.5, 0.6) is 11.5 Å². The van der Waals surface area contributed by atoms with Gasteiger partial charge in [0.05, 0.1) is 33.6 Å². The van der Waals surface area contributed by atoms with E-state index in [1.54, 1.807) is 104 Å². The van der Waals surface area contributed by atoms with Crippen molar-refractivity contribution < 1.29 is 48.5 Å². The van der Waals surface area contributed by atoms with Crippen molar-refractivity contribution in [1.82, 2.24) is 10.9 Å². The van der Waals surface area contributed by atoms with E-state index in [9.17, 15) is 39.0 Å². The van der Waals surface area contributed by atoms with E-state index in [4.69, 9.17) is 9.47 Å². The van der Waals surface area contributed by atoms with Gasteiger partial charge in [-0.15, -0.1) is 0 Å². The van der Waals surface area contributed by atoms with E-state index in [2.05, 4.69) is 10.9 Å². The van der Waals surface area contributed by atoms with Gasteiger partial charge in [0, 0.05) is 35.3 Å². The molecule has 4 N–H and O–H groups in total. The molecule has 0 fully saturated rings. The van der Waals surface area contributed by atoms with Gasteiger partial charge in [-0.1, -0.05) is 48.5 Å². The first-order chi connectivity index (χ1) is 26.3. The summed E-state index contributed by atoms with van der Waals surface area (Å²) in [5, 5.41) is 23.7. The van der Waals surface area contributed by atoms with Crippen molar-refractivity contribution >= 4 is 46.7 Å². The molecular weight excluding hydrogens is 720 g/mol. The van der Waals surface area contributed by atoms with Crippen LogP contribution in [-0.4, -0.2) is 69.8 Å². The average molecular weight is 765 g/mol. The molecule has 4 aromatic carbocycles. The summed E-state index contributed by atoms with van der Waals surface area (Å²) in [4.78, 5) is 77.3. The number of hydrazine groups is 2. The first-order valence-electron chi connectivity index (χ1n) is 17.9. The first kappa shape index (κ1) is 40.5. The molecule has 0 bridgehead atoms. The molecule has 2 aliphatic rings. The second-order valence-electron chi connectivity index (χ2n) is 14.8. The highest BCUT2D eigenvalue weighted by Gasteiger charge is 2.40. The molecule has 0 aliphatic heterocycles. The minimum absolute atomic E-state index is 0.0641. The Kier molecular flexibility index (Phi) is 11.3. The lowest BCUT2D eigenvalue weighted by Crippen LogP contribution is -2.47. The van der Waals surface area contributed by atoms with Crippen molar-refractivity contribution in [1.29, 1.82) is 0 Å². The van der Waals surface area contributed by atoms with Gasteiger partial charge in [0.25, 0.3) is 0 Å². The predicted molar refractivity (Wildman–Crippen MR) is 208 cm³/mol. The molecule has 4 aromatic rings. The second kappa shape index (κ2) is 15.6. The number of phenols is 2. The number of benzene rings is 4. The number of carbonyl (C=O) groups is 6. The van der Waals surface area contributed by atoms with Gasteiger partial charge in [0.2, 0.25) is 11.6 Å². The normalized spacial score (nSPS) is 12.9. The molecule has 14 heteroatoms. The third-order valence-electron chi connectivity index (χ3n) is 8.53. The number of ketones is 4. The van der Waals surface area contributed by atoms with Crippen molar-refractivity contribution in [3.8, 4) is 11.5 Å². The number of hydrogen-bond donors (Lipinski definition) is 4. The van der Waals surface area contributed by atoms with Gasteiger partial charge >= 0.3 is 12.2 Å². The summed E-state index contributed by atoms with van der Waals surface area (Å²) in [5.41, 5.74) is 4.88. The third-order valence-corrected chi connectivity index (χ3v) is 8.53. The lowest BCUT2D eigenvalue weighted by molar-refractivity contribution is 0.0509. The summed E-state index contributed by atoms with van der Waals surface area (Å²) in [6, 6.07) is 19.1. The minimum atomic E-state index is -0.796. The van der Waals surface area contributed by atoms with Gasteiger partial charge in [-0.05, 0) is 79.7 Å². The number of hydrogen-bond acceptors (Lipinski definition) is 12. The molecule has 0 atom stereocenters. The van der Waals surface area contributed by atoms with Crippen LogP contribution >= 0.6 is 0 Å². The van der Waals surface area contributed by atoms with Crippen molar-refractivity contribution in [3.63, 3.8) is 0 Å². The molecule has 14 nitrogen and oxygen atoms in total. The van der Waals surface area contributed by atoms with Crippen LogP contribution in [0.15, 0.2) is 72.8 Å². The summed E-state index contributed by atoms with van der Waals surface area (Å²) < 4.78 is 10.7. The summed E-state index contributed by atoms with van der Waals surface area (Å²) in [6.07, 6.45) is -1.58. The van der Waals surface area contributed by atoms with Crippen molar-refractivity contribution in [3.05, 3.63) is 117 Å². The number of nitrogens with one attached hydrogen (secondary N) is 2. The highest BCUT2D eigenvalue weighted by molar-refractivity contribution is 6.33.